The van der Waals surface area contributed by atoms with Crippen molar-refractivity contribution >= 4 is 17.9 Å². The molecule has 1 aromatic heterocycles. The van der Waals surface area contributed by atoms with Crippen LogP contribution in [-0.4, -0.2) is 15.8 Å². The zero-order valence-electron chi connectivity index (χ0n) is 8.16. The number of hydrogen-bond acceptors (Lipinski definition) is 3. The Balaban J connectivity index is 3.20. The average Bonchev–Trinajstić information content (AvgIpc) is 2.26. The van der Waals surface area contributed by atoms with Crippen LogP contribution in [0, 0.1) is 0 Å². The van der Waals surface area contributed by atoms with Crippen LogP contribution < -0.4 is 0 Å². The summed E-state index contributed by atoms with van der Waals surface area (Å²) < 4.78 is 0. The second-order valence-corrected chi connectivity index (χ2v) is 2.71. The van der Waals surface area contributed by atoms with Gasteiger partial charge in [-0.05, 0) is 12.2 Å². The Morgan fingerprint density at radius 3 is 2.57 bits per heavy atom. The van der Waals surface area contributed by atoms with Gasteiger partial charge < -0.3 is 0 Å². The van der Waals surface area contributed by atoms with Crippen LogP contribution in [0.3, 0.4) is 0 Å². The lowest BCUT2D eigenvalue weighted by Gasteiger charge is -2.01. The Hall–Kier alpha value is -1.77. The van der Waals surface area contributed by atoms with E-state index in [0.29, 0.717) is 23.5 Å². The van der Waals surface area contributed by atoms with Gasteiger partial charge in [-0.2, -0.15) is 0 Å². The molecule has 0 bridgehead atoms. The van der Waals surface area contributed by atoms with Crippen LogP contribution in [0.15, 0.2) is 19.4 Å². The number of nitrogens with zero attached hydrogens (tertiary/aromatic N) is 2. The second kappa shape index (κ2) is 4.46. The highest BCUT2D eigenvalue weighted by molar-refractivity contribution is 5.94. The fourth-order valence-electron chi connectivity index (χ4n) is 1.04. The average molecular weight is 188 g/mol. The molecule has 0 atom stereocenters. The number of hydrogen-bond donors (Lipinski definition) is 0. The van der Waals surface area contributed by atoms with E-state index in [0.717, 1.165) is 0 Å². The van der Waals surface area contributed by atoms with Crippen molar-refractivity contribution in [2.75, 3.05) is 0 Å². The zero-order valence-corrected chi connectivity index (χ0v) is 8.16. The quantitative estimate of drug-likeness (QED) is 0.681. The maximum atomic E-state index is 11.3. The largest absolute Gasteiger partial charge is 0.292 e. The van der Waals surface area contributed by atoms with Crippen molar-refractivity contribution in [3.05, 3.63) is 36.4 Å². The van der Waals surface area contributed by atoms with Gasteiger partial charge in [0, 0.05) is 6.42 Å². The van der Waals surface area contributed by atoms with Crippen molar-refractivity contribution in [1.82, 2.24) is 9.97 Å². The molecule has 3 nitrogen and oxygen atoms in total. The third kappa shape index (κ3) is 1.93. The van der Waals surface area contributed by atoms with E-state index in [2.05, 4.69) is 23.1 Å². The summed E-state index contributed by atoms with van der Waals surface area (Å²) in [6.07, 6.45) is 5.05. The molecule has 0 unspecified atom stereocenters. The van der Waals surface area contributed by atoms with Gasteiger partial charge in [-0.1, -0.05) is 20.1 Å². The van der Waals surface area contributed by atoms with Crippen LogP contribution in [0.2, 0.25) is 0 Å². The van der Waals surface area contributed by atoms with Crippen molar-refractivity contribution in [2.45, 2.75) is 13.3 Å². The molecule has 1 heterocycles. The molecule has 0 aliphatic rings. The van der Waals surface area contributed by atoms with E-state index >= 15 is 0 Å². The summed E-state index contributed by atoms with van der Waals surface area (Å²) in [5, 5.41) is 0. The van der Waals surface area contributed by atoms with E-state index in [1.165, 1.54) is 6.20 Å². The maximum absolute atomic E-state index is 11.3. The molecule has 72 valence electrons. The third-order valence-corrected chi connectivity index (χ3v) is 1.82. The summed E-state index contributed by atoms with van der Waals surface area (Å²) >= 11 is 0. The van der Waals surface area contributed by atoms with Crippen molar-refractivity contribution in [2.24, 2.45) is 0 Å². The number of Topliss-reactive ketones (excluding diaryl/α,β-unsaturated/α-hetero) is 1. The first-order chi connectivity index (χ1) is 6.72. The van der Waals surface area contributed by atoms with Crippen molar-refractivity contribution < 1.29 is 4.79 Å². The van der Waals surface area contributed by atoms with Crippen LogP contribution in [0.4, 0.5) is 0 Å². The molecule has 0 spiro atoms. The van der Waals surface area contributed by atoms with Crippen molar-refractivity contribution in [3.8, 4) is 0 Å². The molecule has 1 rings (SSSR count). The Labute approximate surface area is 83.2 Å². The minimum absolute atomic E-state index is 0.0174. The van der Waals surface area contributed by atoms with E-state index in [1.54, 1.807) is 19.1 Å². The van der Waals surface area contributed by atoms with Crippen LogP contribution in [0.5, 0.6) is 0 Å². The normalized spacial score (nSPS) is 9.50. The number of carbonyl (C=O) groups is 1. The highest BCUT2D eigenvalue weighted by atomic mass is 16.1. The van der Waals surface area contributed by atoms with E-state index in [-0.39, 0.29) is 5.78 Å². The Kier molecular flexibility index (Phi) is 3.29. The molecular formula is C11H12N2O. The van der Waals surface area contributed by atoms with Gasteiger partial charge in [0.25, 0.3) is 0 Å². The van der Waals surface area contributed by atoms with Crippen LogP contribution in [-0.2, 0) is 0 Å². The number of aromatic nitrogens is 2. The first-order valence-electron chi connectivity index (χ1n) is 4.38. The van der Waals surface area contributed by atoms with E-state index in [1.807, 2.05) is 0 Å². The van der Waals surface area contributed by atoms with E-state index in [4.69, 9.17) is 0 Å². The molecular weight excluding hydrogens is 176 g/mol. The maximum Gasteiger partial charge on any atom is 0.182 e. The van der Waals surface area contributed by atoms with Gasteiger partial charge >= 0.3 is 0 Å². The minimum Gasteiger partial charge on any atom is -0.292 e. The van der Waals surface area contributed by atoms with E-state index < -0.39 is 0 Å². The molecule has 0 aromatic carbocycles. The molecule has 0 N–H and O–H groups in total. The van der Waals surface area contributed by atoms with Gasteiger partial charge in [0.1, 0.15) is 5.69 Å². The molecule has 0 saturated carbocycles. The Morgan fingerprint density at radius 1 is 1.43 bits per heavy atom. The standard InChI is InChI=1S/C11H12N2O/c1-4-8-9(5-2)13-10(7-12-8)11(14)6-3/h4-5,7H,1-2,6H2,3H3. The summed E-state index contributed by atoms with van der Waals surface area (Å²) in [6, 6.07) is 0. The Bertz CT molecular complexity index is 383. The first-order valence-corrected chi connectivity index (χ1v) is 4.38. The lowest BCUT2D eigenvalue weighted by atomic mass is 10.2. The topological polar surface area (TPSA) is 42.9 Å². The molecule has 0 amide bonds. The smallest absolute Gasteiger partial charge is 0.182 e. The molecule has 0 aliphatic carbocycles. The summed E-state index contributed by atoms with van der Waals surface area (Å²) in [5.41, 5.74) is 1.62. The molecule has 3 heteroatoms. The van der Waals surface area contributed by atoms with Crippen molar-refractivity contribution in [1.29, 1.82) is 0 Å². The lowest BCUT2D eigenvalue weighted by Crippen LogP contribution is -2.04. The first kappa shape index (κ1) is 10.3. The lowest BCUT2D eigenvalue weighted by molar-refractivity contribution is 0.0983. The van der Waals surface area contributed by atoms with Crippen LogP contribution in [0.1, 0.15) is 35.2 Å². The summed E-state index contributed by atoms with van der Waals surface area (Å²) in [7, 11) is 0. The third-order valence-electron chi connectivity index (χ3n) is 1.82. The fourth-order valence-corrected chi connectivity index (χ4v) is 1.04. The highest BCUT2D eigenvalue weighted by Gasteiger charge is 2.07. The monoisotopic (exact) mass is 188 g/mol. The van der Waals surface area contributed by atoms with Gasteiger partial charge in [0.05, 0.1) is 17.6 Å². The predicted octanol–water partition coefficient (Wildman–Crippen LogP) is 2.36. The molecule has 0 aliphatic heterocycles. The molecule has 0 saturated heterocycles. The SMILES string of the molecule is C=Cc1ncc(C(=O)CC)nc1C=C. The number of carbonyl (C=O) groups excluding carboxylic acids is 1. The molecule has 14 heavy (non-hydrogen) atoms. The summed E-state index contributed by atoms with van der Waals surface area (Å²) in [4.78, 5) is 19.5. The molecule has 1 aromatic rings. The number of ketones is 1. The van der Waals surface area contributed by atoms with Gasteiger partial charge in [-0.3, -0.25) is 9.78 Å². The van der Waals surface area contributed by atoms with Gasteiger partial charge in [0.2, 0.25) is 0 Å². The van der Waals surface area contributed by atoms with Crippen molar-refractivity contribution in [3.63, 3.8) is 0 Å². The fraction of sp³-hybridized carbons (Fsp3) is 0.182. The summed E-state index contributed by atoms with van der Waals surface area (Å²) in [6.45, 7) is 8.99. The van der Waals surface area contributed by atoms with E-state index in [9.17, 15) is 4.79 Å². The second-order valence-electron chi connectivity index (χ2n) is 2.71. The predicted molar refractivity (Wildman–Crippen MR) is 56.8 cm³/mol. The summed E-state index contributed by atoms with van der Waals surface area (Å²) in [5.74, 6) is -0.0174. The zero-order chi connectivity index (χ0) is 10.6. The van der Waals surface area contributed by atoms with Gasteiger partial charge in [-0.25, -0.2) is 4.98 Å². The highest BCUT2D eigenvalue weighted by Crippen LogP contribution is 2.08. The van der Waals surface area contributed by atoms with Gasteiger partial charge in [0.15, 0.2) is 5.78 Å². The number of rotatable bonds is 4. The van der Waals surface area contributed by atoms with Crippen LogP contribution >= 0.6 is 0 Å². The Morgan fingerprint density at radius 2 is 2.07 bits per heavy atom. The minimum atomic E-state index is -0.0174. The molecule has 0 radical (unpaired) electrons. The molecule has 0 fully saturated rings. The van der Waals surface area contributed by atoms with Crippen LogP contribution in [0.25, 0.3) is 12.2 Å². The van der Waals surface area contributed by atoms with Gasteiger partial charge in [-0.15, -0.1) is 0 Å².